The number of aromatic nitrogens is 1. The Hall–Kier alpha value is -1.57. The van der Waals surface area contributed by atoms with E-state index in [9.17, 15) is 4.48 Å². The van der Waals surface area contributed by atoms with Gasteiger partial charge in [-0.25, -0.2) is 0 Å². The van der Waals surface area contributed by atoms with Crippen molar-refractivity contribution in [3.05, 3.63) is 47.7 Å². The summed E-state index contributed by atoms with van der Waals surface area (Å²) in [7, 11) is 0. The van der Waals surface area contributed by atoms with Crippen molar-refractivity contribution in [3.8, 4) is 11.3 Å². The molecule has 0 radical (unpaired) electrons. The van der Waals surface area contributed by atoms with E-state index in [1.807, 2.05) is 43.3 Å². The fraction of sp³-hybridized carbons (Fsp3) is 0.375. The van der Waals surface area contributed by atoms with E-state index in [2.05, 4.69) is 20.8 Å². The minimum Gasteiger partial charge on any atom is -0.183 e. The number of rotatable bonds is 2. The second kappa shape index (κ2) is 4.60. The van der Waals surface area contributed by atoms with E-state index in [1.54, 1.807) is 0 Å². The summed E-state index contributed by atoms with van der Waals surface area (Å²) < 4.78 is 14.3. The van der Waals surface area contributed by atoms with E-state index in [0.29, 0.717) is 5.69 Å². The van der Waals surface area contributed by atoms with Crippen LogP contribution in [-0.4, -0.2) is 4.79 Å². The van der Waals surface area contributed by atoms with Gasteiger partial charge in [0.25, 0.3) is 0 Å². The number of halogens is 1. The van der Waals surface area contributed by atoms with Gasteiger partial charge in [-0.1, -0.05) is 49.5 Å². The van der Waals surface area contributed by atoms with Gasteiger partial charge >= 0.3 is 0 Å². The number of aryl methyl sites for hydroxylation is 1. The summed E-state index contributed by atoms with van der Waals surface area (Å²) in [6, 6.07) is 11.6. The first-order valence-electron chi connectivity index (χ1n) is 6.31. The van der Waals surface area contributed by atoms with Gasteiger partial charge in [0.15, 0.2) is 0 Å². The molecule has 1 aromatic heterocycles. The van der Waals surface area contributed by atoms with Crippen LogP contribution in [0.15, 0.2) is 36.4 Å². The van der Waals surface area contributed by atoms with Crippen molar-refractivity contribution in [1.82, 2.24) is 4.79 Å². The lowest BCUT2D eigenvalue weighted by Gasteiger charge is -2.17. The lowest BCUT2D eigenvalue weighted by atomic mass is 9.91. The van der Waals surface area contributed by atoms with Gasteiger partial charge in [-0.15, -0.1) is 0 Å². The number of hydrogen-bond acceptors (Lipinski definition) is 0. The van der Waals surface area contributed by atoms with Crippen LogP contribution >= 0.6 is 0 Å². The van der Waals surface area contributed by atoms with Gasteiger partial charge in [-0.05, 0) is 36.5 Å². The Morgan fingerprint density at radius 2 is 1.72 bits per heavy atom. The van der Waals surface area contributed by atoms with Gasteiger partial charge in [0.1, 0.15) is 0 Å². The molecule has 0 atom stereocenters. The van der Waals surface area contributed by atoms with E-state index < -0.39 is 0 Å². The van der Waals surface area contributed by atoms with Crippen LogP contribution in [0.5, 0.6) is 0 Å². The normalized spacial score (nSPS) is 11.8. The van der Waals surface area contributed by atoms with Crippen LogP contribution in [0.3, 0.4) is 0 Å². The summed E-state index contributed by atoms with van der Waals surface area (Å²) in [5.41, 5.74) is 3.52. The zero-order valence-electron chi connectivity index (χ0n) is 11.5. The molecule has 0 amide bonds. The van der Waals surface area contributed by atoms with Gasteiger partial charge in [0, 0.05) is 5.56 Å². The van der Waals surface area contributed by atoms with E-state index in [1.165, 1.54) is 0 Å². The topological polar surface area (TPSA) is 4.93 Å². The highest BCUT2D eigenvalue weighted by molar-refractivity contribution is 5.64. The zero-order valence-corrected chi connectivity index (χ0v) is 11.5. The summed E-state index contributed by atoms with van der Waals surface area (Å²) in [5, 5.41) is 0. The maximum atomic E-state index is 14.3. The Labute approximate surface area is 108 Å². The fourth-order valence-corrected chi connectivity index (χ4v) is 2.19. The number of hydrogen-bond donors (Lipinski definition) is 0. The van der Waals surface area contributed by atoms with Crippen LogP contribution in [0.25, 0.3) is 11.3 Å². The maximum absolute atomic E-state index is 14.3. The van der Waals surface area contributed by atoms with Crippen molar-refractivity contribution in [3.63, 3.8) is 0 Å². The lowest BCUT2D eigenvalue weighted by molar-refractivity contribution is 0.326. The first-order chi connectivity index (χ1) is 8.38. The molecule has 2 rings (SSSR count). The average molecular weight is 245 g/mol. The van der Waals surface area contributed by atoms with Crippen LogP contribution < -0.4 is 0 Å². The molecule has 0 fully saturated rings. The van der Waals surface area contributed by atoms with E-state index >= 15 is 0 Å². The first kappa shape index (κ1) is 12.9. The Balaban J connectivity index is 2.40. The number of nitrogens with zero attached hydrogens (tertiary/aromatic N) is 1. The Bertz CT molecular complexity index is 546. The molecule has 18 heavy (non-hydrogen) atoms. The van der Waals surface area contributed by atoms with Gasteiger partial charge in [-0.2, -0.15) is 4.79 Å². The number of benzene rings is 1. The molecule has 0 bridgehead atoms. The van der Waals surface area contributed by atoms with E-state index in [-0.39, 0.29) is 5.41 Å². The molecule has 0 saturated carbocycles. The van der Waals surface area contributed by atoms with Gasteiger partial charge in [-0.3, -0.25) is 0 Å². The van der Waals surface area contributed by atoms with Crippen molar-refractivity contribution in [2.75, 3.05) is 0 Å². The molecular formula is C16H20FN. The third-order valence-electron chi connectivity index (χ3n) is 3.03. The summed E-state index contributed by atoms with van der Waals surface area (Å²) >= 11 is 0. The molecule has 0 aliphatic carbocycles. The summed E-state index contributed by atoms with van der Waals surface area (Å²) in [4.78, 5) is 0.827. The first-order valence-corrected chi connectivity index (χ1v) is 6.31. The lowest BCUT2D eigenvalue weighted by Crippen LogP contribution is -2.11. The summed E-state index contributed by atoms with van der Waals surface area (Å²) in [6.45, 7) is 8.36. The average Bonchev–Trinajstić information content (AvgIpc) is 2.59. The van der Waals surface area contributed by atoms with Crippen LogP contribution in [0, 0.1) is 12.3 Å². The fourth-order valence-electron chi connectivity index (χ4n) is 2.19. The molecule has 1 nitrogen and oxygen atoms in total. The molecular weight excluding hydrogens is 225 g/mol. The summed E-state index contributed by atoms with van der Waals surface area (Å²) in [6.07, 6.45) is 0.732. The van der Waals surface area contributed by atoms with Crippen LogP contribution in [0.4, 0.5) is 4.48 Å². The van der Waals surface area contributed by atoms with Crippen LogP contribution in [-0.2, 0) is 6.42 Å². The molecule has 2 heteroatoms. The Kier molecular flexibility index (Phi) is 3.29. The second-order valence-corrected chi connectivity index (χ2v) is 6.04. The van der Waals surface area contributed by atoms with Gasteiger partial charge in [0.2, 0.25) is 0 Å². The highest BCUT2D eigenvalue weighted by atomic mass is 19.2. The molecule has 96 valence electrons. The molecule has 2 aromatic rings. The van der Waals surface area contributed by atoms with Crippen molar-refractivity contribution in [2.45, 2.75) is 34.1 Å². The van der Waals surface area contributed by atoms with Crippen LogP contribution in [0.1, 0.15) is 32.0 Å². The van der Waals surface area contributed by atoms with Crippen molar-refractivity contribution in [1.29, 1.82) is 0 Å². The molecule has 0 aliphatic heterocycles. The smallest absolute Gasteiger partial charge is 0.0818 e. The Morgan fingerprint density at radius 1 is 1.06 bits per heavy atom. The molecule has 0 aliphatic rings. The largest absolute Gasteiger partial charge is 0.183 e. The standard InChI is InChI=1S/C16H20FN/c1-12-7-5-6-8-14(12)15-10-9-13(18(15)17)11-16(2,3)4/h5-10H,11H2,1-4H3. The minimum atomic E-state index is 0.0885. The summed E-state index contributed by atoms with van der Waals surface area (Å²) in [5.74, 6) is 0. The second-order valence-electron chi connectivity index (χ2n) is 6.04. The van der Waals surface area contributed by atoms with Crippen molar-refractivity contribution >= 4 is 0 Å². The molecule has 0 unspecified atom stereocenters. The third-order valence-corrected chi connectivity index (χ3v) is 3.03. The maximum Gasteiger partial charge on any atom is 0.0818 e. The SMILES string of the molecule is Cc1ccccc1-c1ccc(CC(C)(C)C)n1F. The molecule has 0 spiro atoms. The molecule has 1 aromatic carbocycles. The zero-order chi connectivity index (χ0) is 13.3. The van der Waals surface area contributed by atoms with Crippen molar-refractivity contribution < 1.29 is 4.48 Å². The highest BCUT2D eigenvalue weighted by Crippen LogP contribution is 2.29. The monoisotopic (exact) mass is 245 g/mol. The minimum absolute atomic E-state index is 0.0885. The highest BCUT2D eigenvalue weighted by Gasteiger charge is 2.17. The molecule has 1 heterocycles. The Morgan fingerprint density at radius 3 is 2.33 bits per heavy atom. The van der Waals surface area contributed by atoms with Crippen LogP contribution in [0.2, 0.25) is 0 Å². The molecule has 0 N–H and O–H groups in total. The van der Waals surface area contributed by atoms with E-state index in [0.717, 1.165) is 28.0 Å². The quantitative estimate of drug-likeness (QED) is 0.717. The van der Waals surface area contributed by atoms with Gasteiger partial charge < -0.3 is 0 Å². The molecule has 0 saturated heterocycles. The predicted molar refractivity (Wildman–Crippen MR) is 74.3 cm³/mol. The third kappa shape index (κ3) is 2.63. The predicted octanol–water partition coefficient (Wildman–Crippen LogP) is 4.78. The van der Waals surface area contributed by atoms with Gasteiger partial charge in [0.05, 0.1) is 11.4 Å². The van der Waals surface area contributed by atoms with Crippen molar-refractivity contribution in [2.24, 2.45) is 5.41 Å². The van der Waals surface area contributed by atoms with E-state index in [4.69, 9.17) is 0 Å².